The van der Waals surface area contributed by atoms with Gasteiger partial charge in [0.15, 0.2) is 0 Å². The van der Waals surface area contributed by atoms with Gasteiger partial charge in [-0.15, -0.1) is 0 Å². The van der Waals surface area contributed by atoms with Crippen molar-refractivity contribution in [2.75, 3.05) is 11.9 Å². The first-order valence-electron chi connectivity index (χ1n) is 8.85. The number of amides is 4. The molecule has 6 heteroatoms. The Balaban J connectivity index is 1.72. The van der Waals surface area contributed by atoms with Crippen LogP contribution in [-0.4, -0.2) is 34.8 Å². The Morgan fingerprint density at radius 3 is 2.80 bits per heavy atom. The van der Waals surface area contributed by atoms with Crippen molar-refractivity contribution >= 4 is 23.5 Å². The van der Waals surface area contributed by atoms with E-state index >= 15 is 0 Å². The maximum absolute atomic E-state index is 12.9. The van der Waals surface area contributed by atoms with Crippen LogP contribution in [0.15, 0.2) is 18.2 Å². The number of imide groups is 1. The lowest BCUT2D eigenvalue weighted by molar-refractivity contribution is -0.136. The number of carbonyl (C=O) groups excluding carboxylic acids is 3. The number of carbonyl (C=O) groups is 3. The number of hydrogen-bond acceptors (Lipinski definition) is 3. The molecule has 1 aromatic carbocycles. The number of anilines is 1. The van der Waals surface area contributed by atoms with Crippen LogP contribution in [0.5, 0.6) is 0 Å². The van der Waals surface area contributed by atoms with E-state index in [4.69, 9.17) is 0 Å². The van der Waals surface area contributed by atoms with E-state index in [2.05, 4.69) is 10.6 Å². The first-order valence-corrected chi connectivity index (χ1v) is 8.85. The summed E-state index contributed by atoms with van der Waals surface area (Å²) in [5.41, 5.74) is 1.85. The second-order valence-electron chi connectivity index (χ2n) is 7.31. The Morgan fingerprint density at radius 1 is 1.32 bits per heavy atom. The molecule has 2 atom stereocenters. The monoisotopic (exact) mass is 343 g/mol. The second kappa shape index (κ2) is 6.50. The largest absolute Gasteiger partial charge is 0.325 e. The highest BCUT2D eigenvalue weighted by Gasteiger charge is 2.55. The maximum atomic E-state index is 12.9. The van der Waals surface area contributed by atoms with E-state index in [1.807, 2.05) is 39.0 Å². The highest BCUT2D eigenvalue weighted by molar-refractivity contribution is 6.10. The fraction of sp³-hybridized carbons (Fsp3) is 0.526. The lowest BCUT2D eigenvalue weighted by Crippen LogP contribution is -2.54. The molecular weight excluding hydrogens is 318 g/mol. The normalized spacial score (nSPS) is 26.0. The second-order valence-corrected chi connectivity index (χ2v) is 7.31. The lowest BCUT2D eigenvalue weighted by atomic mass is 9.73. The number of rotatable bonds is 3. The summed E-state index contributed by atoms with van der Waals surface area (Å²) in [4.78, 5) is 38.7. The van der Waals surface area contributed by atoms with Gasteiger partial charge in [-0.05, 0) is 49.8 Å². The molecule has 1 aliphatic heterocycles. The predicted octanol–water partition coefficient (Wildman–Crippen LogP) is 2.74. The first kappa shape index (κ1) is 17.5. The minimum atomic E-state index is -0.825. The van der Waals surface area contributed by atoms with Gasteiger partial charge in [-0.3, -0.25) is 14.5 Å². The van der Waals surface area contributed by atoms with Gasteiger partial charge in [0.25, 0.3) is 5.91 Å². The van der Waals surface area contributed by atoms with Crippen molar-refractivity contribution in [3.05, 3.63) is 29.3 Å². The Kier molecular flexibility index (Phi) is 4.54. The summed E-state index contributed by atoms with van der Waals surface area (Å²) in [5.74, 6) is -0.539. The van der Waals surface area contributed by atoms with E-state index < -0.39 is 11.6 Å². The Hall–Kier alpha value is -2.37. The molecular formula is C19H25N3O3. The molecule has 1 spiro atoms. The van der Waals surface area contributed by atoms with Crippen LogP contribution in [0.2, 0.25) is 0 Å². The number of urea groups is 1. The molecule has 25 heavy (non-hydrogen) atoms. The molecule has 4 amide bonds. The topological polar surface area (TPSA) is 78.5 Å². The number of aryl methyl sites for hydroxylation is 2. The van der Waals surface area contributed by atoms with Crippen molar-refractivity contribution in [1.29, 1.82) is 0 Å². The summed E-state index contributed by atoms with van der Waals surface area (Å²) in [6.07, 6.45) is 3.54. The zero-order valence-electron chi connectivity index (χ0n) is 15.0. The van der Waals surface area contributed by atoms with Gasteiger partial charge >= 0.3 is 6.03 Å². The molecule has 0 bridgehead atoms. The summed E-state index contributed by atoms with van der Waals surface area (Å²) >= 11 is 0. The van der Waals surface area contributed by atoms with Crippen molar-refractivity contribution in [1.82, 2.24) is 10.2 Å². The maximum Gasteiger partial charge on any atom is 0.325 e. The fourth-order valence-electron chi connectivity index (χ4n) is 3.84. The summed E-state index contributed by atoms with van der Waals surface area (Å²) in [6.45, 7) is 5.59. The van der Waals surface area contributed by atoms with Crippen LogP contribution in [0.4, 0.5) is 10.5 Å². The molecule has 1 saturated heterocycles. The SMILES string of the molecule is Cc1ccc(C)c(NC(=O)CN2C(=O)N[C@]3(CCCC[C@@H]3C)C2=O)c1. The Bertz CT molecular complexity index is 731. The molecule has 134 valence electrons. The Labute approximate surface area is 148 Å². The van der Waals surface area contributed by atoms with E-state index in [-0.39, 0.29) is 24.3 Å². The predicted molar refractivity (Wildman–Crippen MR) is 95.2 cm³/mol. The van der Waals surface area contributed by atoms with Crippen molar-refractivity contribution in [3.63, 3.8) is 0 Å². The molecule has 0 unspecified atom stereocenters. The molecule has 2 N–H and O–H groups in total. The van der Waals surface area contributed by atoms with E-state index in [1.165, 1.54) is 0 Å². The van der Waals surface area contributed by atoms with Crippen LogP contribution in [0.3, 0.4) is 0 Å². The highest BCUT2D eigenvalue weighted by atomic mass is 16.2. The molecule has 3 rings (SSSR count). The average molecular weight is 343 g/mol. The number of nitrogens with zero attached hydrogens (tertiary/aromatic N) is 1. The van der Waals surface area contributed by atoms with Crippen molar-refractivity contribution in [2.24, 2.45) is 5.92 Å². The molecule has 0 radical (unpaired) electrons. The van der Waals surface area contributed by atoms with Gasteiger partial charge in [0.1, 0.15) is 12.1 Å². The summed E-state index contributed by atoms with van der Waals surface area (Å²) in [5, 5.41) is 5.67. The quantitative estimate of drug-likeness (QED) is 0.828. The molecule has 6 nitrogen and oxygen atoms in total. The molecule has 1 aliphatic carbocycles. The zero-order chi connectivity index (χ0) is 18.2. The molecule has 2 fully saturated rings. The third-order valence-electron chi connectivity index (χ3n) is 5.47. The van der Waals surface area contributed by atoms with Gasteiger partial charge in [-0.25, -0.2) is 4.79 Å². The zero-order valence-corrected chi connectivity index (χ0v) is 15.0. The van der Waals surface area contributed by atoms with Gasteiger partial charge in [-0.1, -0.05) is 31.9 Å². The van der Waals surface area contributed by atoms with Gasteiger partial charge in [0, 0.05) is 5.69 Å². The van der Waals surface area contributed by atoms with E-state index in [0.717, 1.165) is 35.3 Å². The summed E-state index contributed by atoms with van der Waals surface area (Å²) in [6, 6.07) is 5.31. The van der Waals surface area contributed by atoms with E-state index in [1.54, 1.807) is 0 Å². The van der Waals surface area contributed by atoms with Gasteiger partial charge in [0.05, 0.1) is 0 Å². The van der Waals surface area contributed by atoms with Gasteiger partial charge < -0.3 is 10.6 Å². The van der Waals surface area contributed by atoms with Crippen LogP contribution >= 0.6 is 0 Å². The molecule has 1 saturated carbocycles. The fourth-order valence-corrected chi connectivity index (χ4v) is 3.84. The average Bonchev–Trinajstić information content (AvgIpc) is 2.79. The molecule has 2 aliphatic rings. The van der Waals surface area contributed by atoms with Crippen LogP contribution in [0.25, 0.3) is 0 Å². The van der Waals surface area contributed by atoms with E-state index in [9.17, 15) is 14.4 Å². The van der Waals surface area contributed by atoms with Crippen molar-refractivity contribution < 1.29 is 14.4 Å². The minimum Gasteiger partial charge on any atom is -0.324 e. The molecule has 0 aromatic heterocycles. The van der Waals surface area contributed by atoms with Gasteiger partial charge in [0.2, 0.25) is 5.91 Å². The molecule has 1 aromatic rings. The minimum absolute atomic E-state index is 0.0878. The number of nitrogens with one attached hydrogen (secondary N) is 2. The first-order chi connectivity index (χ1) is 11.8. The van der Waals surface area contributed by atoms with Crippen molar-refractivity contribution in [2.45, 2.75) is 52.0 Å². The van der Waals surface area contributed by atoms with E-state index in [0.29, 0.717) is 12.1 Å². The van der Waals surface area contributed by atoms with Crippen LogP contribution in [0, 0.1) is 19.8 Å². The standard InChI is InChI=1S/C19H25N3O3/c1-12-7-8-13(2)15(10-12)20-16(23)11-22-17(24)19(21-18(22)25)9-5-4-6-14(19)3/h7-8,10,14H,4-6,9,11H2,1-3H3,(H,20,23)(H,21,25)/t14-,19-/m0/s1. The Morgan fingerprint density at radius 2 is 2.08 bits per heavy atom. The van der Waals surface area contributed by atoms with Crippen LogP contribution in [-0.2, 0) is 9.59 Å². The third-order valence-corrected chi connectivity index (χ3v) is 5.47. The third kappa shape index (κ3) is 3.13. The van der Waals surface area contributed by atoms with Crippen molar-refractivity contribution in [3.8, 4) is 0 Å². The van der Waals surface area contributed by atoms with Gasteiger partial charge in [-0.2, -0.15) is 0 Å². The highest BCUT2D eigenvalue weighted by Crippen LogP contribution is 2.38. The summed E-state index contributed by atoms with van der Waals surface area (Å²) < 4.78 is 0. The van der Waals surface area contributed by atoms with Crippen LogP contribution in [0.1, 0.15) is 43.7 Å². The lowest BCUT2D eigenvalue weighted by Gasteiger charge is -2.36. The smallest absolute Gasteiger partial charge is 0.324 e. The van der Waals surface area contributed by atoms with Crippen LogP contribution < -0.4 is 10.6 Å². The number of benzene rings is 1. The molecule has 1 heterocycles. The summed E-state index contributed by atoms with van der Waals surface area (Å²) in [7, 11) is 0. The number of hydrogen-bond donors (Lipinski definition) is 2.